The minimum atomic E-state index is -0.454. The number of ether oxygens (including phenoxy) is 2. The summed E-state index contributed by atoms with van der Waals surface area (Å²) in [5.74, 6) is 0.674. The van der Waals surface area contributed by atoms with Crippen LogP contribution in [-0.4, -0.2) is 32.0 Å². The van der Waals surface area contributed by atoms with Crippen molar-refractivity contribution in [3.63, 3.8) is 0 Å². The van der Waals surface area contributed by atoms with E-state index in [2.05, 4.69) is 15.9 Å². The molecule has 5 nitrogen and oxygen atoms in total. The smallest absolute Gasteiger partial charge is 0.299 e. The molecule has 1 aliphatic heterocycles. The summed E-state index contributed by atoms with van der Waals surface area (Å²) >= 11 is 3.33. The highest BCUT2D eigenvalue weighted by molar-refractivity contribution is 9.10. The molecule has 0 saturated heterocycles. The molecular weight excluding hydrogens is 386 g/mol. The highest BCUT2D eigenvalue weighted by atomic mass is 79.9. The van der Waals surface area contributed by atoms with Gasteiger partial charge in [-0.1, -0.05) is 15.9 Å². The first-order valence-corrected chi connectivity index (χ1v) is 8.82. The van der Waals surface area contributed by atoms with E-state index in [0.29, 0.717) is 24.4 Å². The van der Waals surface area contributed by atoms with Crippen LogP contribution in [0.2, 0.25) is 0 Å². The van der Waals surface area contributed by atoms with E-state index in [0.717, 1.165) is 28.8 Å². The zero-order chi connectivity index (χ0) is 17.8. The van der Waals surface area contributed by atoms with Crippen LogP contribution in [0.5, 0.6) is 11.5 Å². The molecule has 0 unspecified atom stereocenters. The van der Waals surface area contributed by atoms with Crippen molar-refractivity contribution in [2.45, 2.75) is 12.8 Å². The van der Waals surface area contributed by atoms with Crippen LogP contribution in [0, 0.1) is 0 Å². The largest absolute Gasteiger partial charge is 0.497 e. The molecule has 6 heteroatoms. The molecule has 0 saturated carbocycles. The van der Waals surface area contributed by atoms with Crippen LogP contribution in [0.1, 0.15) is 23.2 Å². The molecule has 1 amide bonds. The van der Waals surface area contributed by atoms with Gasteiger partial charge in [0.05, 0.1) is 25.0 Å². The minimum absolute atomic E-state index is 0.439. The SMILES string of the molecule is COc1ccc(OCCCCN2C(=O)C(=O)c3cc(Br)ccc32)cc1. The Kier molecular flexibility index (Phi) is 5.38. The number of unbranched alkanes of at least 4 members (excludes halogenated alkanes) is 1. The summed E-state index contributed by atoms with van der Waals surface area (Å²) < 4.78 is 11.6. The number of fused-ring (bicyclic) bond motifs is 1. The first-order valence-electron chi connectivity index (χ1n) is 8.03. The fraction of sp³-hybridized carbons (Fsp3) is 0.263. The van der Waals surface area contributed by atoms with Crippen molar-refractivity contribution >= 4 is 33.3 Å². The lowest BCUT2D eigenvalue weighted by molar-refractivity contribution is -0.114. The summed E-state index contributed by atoms with van der Waals surface area (Å²) in [6, 6.07) is 12.7. The van der Waals surface area contributed by atoms with Crippen LogP contribution in [0.4, 0.5) is 5.69 Å². The fourth-order valence-corrected chi connectivity index (χ4v) is 3.09. The molecule has 2 aromatic carbocycles. The van der Waals surface area contributed by atoms with Gasteiger partial charge in [-0.15, -0.1) is 0 Å². The zero-order valence-electron chi connectivity index (χ0n) is 13.8. The second kappa shape index (κ2) is 7.70. The van der Waals surface area contributed by atoms with Crippen LogP contribution in [0.15, 0.2) is 46.9 Å². The average Bonchev–Trinajstić information content (AvgIpc) is 2.86. The van der Waals surface area contributed by atoms with Crippen molar-refractivity contribution < 1.29 is 19.1 Å². The molecule has 0 N–H and O–H groups in total. The molecule has 0 fully saturated rings. The van der Waals surface area contributed by atoms with Crippen LogP contribution < -0.4 is 14.4 Å². The van der Waals surface area contributed by atoms with Gasteiger partial charge in [-0.25, -0.2) is 0 Å². The average molecular weight is 404 g/mol. The maximum Gasteiger partial charge on any atom is 0.299 e. The van der Waals surface area contributed by atoms with Gasteiger partial charge in [0.1, 0.15) is 11.5 Å². The van der Waals surface area contributed by atoms with E-state index in [1.165, 1.54) is 0 Å². The van der Waals surface area contributed by atoms with Gasteiger partial charge in [0.15, 0.2) is 0 Å². The summed E-state index contributed by atoms with van der Waals surface area (Å²) in [7, 11) is 1.62. The Bertz CT molecular complexity index is 789. The summed E-state index contributed by atoms with van der Waals surface area (Å²) in [6.07, 6.45) is 1.54. The van der Waals surface area contributed by atoms with Crippen LogP contribution in [-0.2, 0) is 4.79 Å². The maximum absolute atomic E-state index is 12.1. The molecule has 1 aliphatic rings. The lowest BCUT2D eigenvalue weighted by Crippen LogP contribution is -2.30. The topological polar surface area (TPSA) is 55.8 Å². The molecule has 0 bridgehead atoms. The first-order chi connectivity index (χ1) is 12.1. The minimum Gasteiger partial charge on any atom is -0.497 e. The van der Waals surface area contributed by atoms with E-state index < -0.39 is 11.7 Å². The number of halogens is 1. The van der Waals surface area contributed by atoms with E-state index in [1.54, 1.807) is 24.1 Å². The molecule has 0 spiro atoms. The zero-order valence-corrected chi connectivity index (χ0v) is 15.4. The Labute approximate surface area is 154 Å². The fourth-order valence-electron chi connectivity index (χ4n) is 2.73. The number of rotatable bonds is 7. The monoisotopic (exact) mass is 403 g/mol. The van der Waals surface area contributed by atoms with Gasteiger partial charge in [-0.3, -0.25) is 9.59 Å². The summed E-state index contributed by atoms with van der Waals surface area (Å²) in [4.78, 5) is 25.7. The van der Waals surface area contributed by atoms with Gasteiger partial charge in [0.2, 0.25) is 0 Å². The predicted molar refractivity (Wildman–Crippen MR) is 98.5 cm³/mol. The molecule has 0 aliphatic carbocycles. The van der Waals surface area contributed by atoms with Gasteiger partial charge in [0.25, 0.3) is 11.7 Å². The third-order valence-corrected chi connectivity index (χ3v) is 4.53. The van der Waals surface area contributed by atoms with Gasteiger partial charge in [-0.2, -0.15) is 0 Å². The molecule has 0 atom stereocenters. The number of ketones is 1. The Morgan fingerprint density at radius 2 is 1.72 bits per heavy atom. The van der Waals surface area contributed by atoms with Crippen LogP contribution in [0.3, 0.4) is 0 Å². The molecule has 3 rings (SSSR count). The van der Waals surface area contributed by atoms with E-state index >= 15 is 0 Å². The highest BCUT2D eigenvalue weighted by Gasteiger charge is 2.35. The third-order valence-electron chi connectivity index (χ3n) is 4.04. The van der Waals surface area contributed by atoms with Crippen molar-refractivity contribution in [1.29, 1.82) is 0 Å². The molecule has 25 heavy (non-hydrogen) atoms. The standard InChI is InChI=1S/C19H18BrNO4/c1-24-14-5-7-15(8-6-14)25-11-3-2-10-21-17-9-4-13(20)12-16(17)18(22)19(21)23/h4-9,12H,2-3,10-11H2,1H3. The summed E-state index contributed by atoms with van der Waals surface area (Å²) in [5, 5.41) is 0. The molecule has 0 radical (unpaired) electrons. The summed E-state index contributed by atoms with van der Waals surface area (Å²) in [5.41, 5.74) is 1.16. The van der Waals surface area contributed by atoms with Gasteiger partial charge >= 0.3 is 0 Å². The number of hydrogen-bond acceptors (Lipinski definition) is 4. The van der Waals surface area contributed by atoms with Gasteiger partial charge in [-0.05, 0) is 55.3 Å². The van der Waals surface area contributed by atoms with Crippen LogP contribution in [0.25, 0.3) is 0 Å². The number of carbonyl (C=O) groups excluding carboxylic acids is 2. The Morgan fingerprint density at radius 3 is 2.44 bits per heavy atom. The van der Waals surface area contributed by atoms with Crippen molar-refractivity contribution in [2.24, 2.45) is 0 Å². The van der Waals surface area contributed by atoms with E-state index in [4.69, 9.17) is 9.47 Å². The Morgan fingerprint density at radius 1 is 1.00 bits per heavy atom. The number of Topliss-reactive ketones (excluding diaryl/α,β-unsaturated/α-hetero) is 1. The maximum atomic E-state index is 12.1. The summed E-state index contributed by atoms with van der Waals surface area (Å²) in [6.45, 7) is 1.06. The number of nitrogens with zero attached hydrogens (tertiary/aromatic N) is 1. The third kappa shape index (κ3) is 3.85. The molecule has 130 valence electrons. The van der Waals surface area contributed by atoms with Crippen molar-refractivity contribution in [3.8, 4) is 11.5 Å². The number of methoxy groups -OCH3 is 1. The lowest BCUT2D eigenvalue weighted by atomic mass is 10.1. The predicted octanol–water partition coefficient (Wildman–Crippen LogP) is 3.85. The van der Waals surface area contributed by atoms with E-state index in [1.807, 2.05) is 30.3 Å². The molecule has 2 aromatic rings. The number of hydrogen-bond donors (Lipinski definition) is 0. The van der Waals surface area contributed by atoms with Gasteiger partial charge in [0, 0.05) is 11.0 Å². The van der Waals surface area contributed by atoms with E-state index in [-0.39, 0.29) is 0 Å². The van der Waals surface area contributed by atoms with Crippen molar-refractivity contribution in [1.82, 2.24) is 0 Å². The molecule has 1 heterocycles. The second-order valence-corrected chi connectivity index (χ2v) is 6.59. The first kappa shape index (κ1) is 17.5. The number of amides is 1. The van der Waals surface area contributed by atoms with Crippen molar-refractivity contribution in [3.05, 3.63) is 52.5 Å². The van der Waals surface area contributed by atoms with E-state index in [9.17, 15) is 9.59 Å². The second-order valence-electron chi connectivity index (χ2n) is 5.68. The molecule has 0 aromatic heterocycles. The number of benzene rings is 2. The Balaban J connectivity index is 1.49. The number of anilines is 1. The normalized spacial score (nSPS) is 13.1. The van der Waals surface area contributed by atoms with Crippen molar-refractivity contribution in [2.75, 3.05) is 25.2 Å². The molecular formula is C19H18BrNO4. The van der Waals surface area contributed by atoms with Gasteiger partial charge < -0.3 is 14.4 Å². The Hall–Kier alpha value is -2.34. The highest BCUT2D eigenvalue weighted by Crippen LogP contribution is 2.31. The number of carbonyl (C=O) groups is 2. The quantitative estimate of drug-likeness (QED) is 0.520. The van der Waals surface area contributed by atoms with Crippen LogP contribution >= 0.6 is 15.9 Å². The lowest BCUT2D eigenvalue weighted by Gasteiger charge is -2.16.